The van der Waals surface area contributed by atoms with Crippen molar-refractivity contribution >= 4 is 23.6 Å². The van der Waals surface area contributed by atoms with Crippen LogP contribution < -0.4 is 11.2 Å². The van der Waals surface area contributed by atoms with Gasteiger partial charge in [-0.2, -0.15) is 9.78 Å². The topological polar surface area (TPSA) is 183 Å². The highest BCUT2D eigenvalue weighted by atomic mass is 16.6. The van der Waals surface area contributed by atoms with E-state index < -0.39 is 10.8 Å². The molecule has 0 radical (unpaired) electrons. The molecule has 0 bridgehead atoms. The number of nitro groups is 1. The number of hydrogen-bond acceptors (Lipinski definition) is 11. The highest BCUT2D eigenvalue weighted by molar-refractivity contribution is 5.94. The Morgan fingerprint density at radius 3 is 2.71 bits per heavy atom. The second-order valence-electron chi connectivity index (χ2n) is 8.02. The van der Waals surface area contributed by atoms with Crippen molar-refractivity contribution in [3.63, 3.8) is 0 Å². The molecule has 1 fully saturated rings. The lowest BCUT2D eigenvalue weighted by molar-refractivity contribution is -0.384. The van der Waals surface area contributed by atoms with Crippen molar-refractivity contribution in [2.45, 2.75) is 44.7 Å². The summed E-state index contributed by atoms with van der Waals surface area (Å²) in [6.07, 6.45) is 7.08. The molecule has 0 unspecified atom stereocenters. The molecule has 178 valence electrons. The maximum atomic E-state index is 12.9. The van der Waals surface area contributed by atoms with Crippen molar-refractivity contribution in [2.75, 3.05) is 12.8 Å². The van der Waals surface area contributed by atoms with Crippen LogP contribution in [0.4, 0.5) is 11.5 Å². The first-order chi connectivity index (χ1) is 16.4. The van der Waals surface area contributed by atoms with Gasteiger partial charge in [-0.25, -0.2) is 10.1 Å². The second-order valence-corrected chi connectivity index (χ2v) is 8.02. The number of hydrazone groups is 1. The monoisotopic (exact) mass is 468 g/mol. The van der Waals surface area contributed by atoms with Crippen LogP contribution in [-0.2, 0) is 6.54 Å². The number of benzene rings is 1. The predicted molar refractivity (Wildman–Crippen MR) is 120 cm³/mol. The van der Waals surface area contributed by atoms with Gasteiger partial charge in [0.2, 0.25) is 11.6 Å². The minimum absolute atomic E-state index is 0.0228. The van der Waals surface area contributed by atoms with Gasteiger partial charge in [-0.1, -0.05) is 24.5 Å². The van der Waals surface area contributed by atoms with E-state index in [0.717, 1.165) is 25.7 Å². The van der Waals surface area contributed by atoms with Crippen molar-refractivity contribution in [1.29, 1.82) is 0 Å². The summed E-state index contributed by atoms with van der Waals surface area (Å²) in [6.45, 7) is 0.374. The molecule has 14 nitrogen and oxygen atoms in total. The molecule has 1 aliphatic carbocycles. The van der Waals surface area contributed by atoms with Crippen LogP contribution in [0.3, 0.4) is 0 Å². The molecule has 4 rings (SSSR count). The number of nitro benzene ring substituents is 1. The summed E-state index contributed by atoms with van der Waals surface area (Å²) >= 11 is 0. The van der Waals surface area contributed by atoms with Crippen LogP contribution in [0, 0.1) is 10.1 Å². The number of aromatic nitrogens is 5. The van der Waals surface area contributed by atoms with Crippen LogP contribution in [-0.4, -0.2) is 60.3 Å². The van der Waals surface area contributed by atoms with Gasteiger partial charge in [-0.05, 0) is 47.9 Å². The minimum Gasteiger partial charge on any atom is -0.378 e. The molecule has 1 saturated carbocycles. The van der Waals surface area contributed by atoms with E-state index in [0.29, 0.717) is 23.8 Å². The SMILES string of the molecule is CN(Cc1c(C(=O)NN=Cc2ccc([N+](=O)[O-])cc2)nnn1-c1nonc1N)C1CCCCC1. The molecule has 1 aromatic carbocycles. The number of hydrogen-bond donors (Lipinski definition) is 2. The number of rotatable bonds is 8. The third-order valence-electron chi connectivity index (χ3n) is 5.76. The number of nitrogen functional groups attached to an aromatic ring is 1. The van der Waals surface area contributed by atoms with Crippen LogP contribution in [0.1, 0.15) is 53.8 Å². The van der Waals surface area contributed by atoms with Crippen LogP contribution >= 0.6 is 0 Å². The van der Waals surface area contributed by atoms with Crippen LogP contribution in [0.25, 0.3) is 5.82 Å². The number of carbonyl (C=O) groups excluding carboxylic acids is 1. The number of amides is 1. The van der Waals surface area contributed by atoms with Crippen molar-refractivity contribution in [2.24, 2.45) is 5.10 Å². The Bertz CT molecular complexity index is 1180. The molecule has 0 spiro atoms. The molecule has 0 aliphatic heterocycles. The zero-order valence-corrected chi connectivity index (χ0v) is 18.5. The Kier molecular flexibility index (Phi) is 6.87. The Morgan fingerprint density at radius 1 is 1.32 bits per heavy atom. The van der Waals surface area contributed by atoms with Crippen LogP contribution in [0.5, 0.6) is 0 Å². The smallest absolute Gasteiger partial charge is 0.293 e. The average molecular weight is 468 g/mol. The molecule has 1 amide bonds. The van der Waals surface area contributed by atoms with Gasteiger partial charge in [0.05, 0.1) is 16.8 Å². The number of anilines is 1. The zero-order valence-electron chi connectivity index (χ0n) is 18.5. The molecule has 0 saturated heterocycles. The van der Waals surface area contributed by atoms with Gasteiger partial charge in [-0.15, -0.1) is 5.10 Å². The molecule has 3 N–H and O–H groups in total. The summed E-state index contributed by atoms with van der Waals surface area (Å²) < 4.78 is 6.04. The van der Waals surface area contributed by atoms with Gasteiger partial charge in [0.25, 0.3) is 11.6 Å². The number of nitrogens with one attached hydrogen (secondary N) is 1. The van der Waals surface area contributed by atoms with Gasteiger partial charge >= 0.3 is 0 Å². The summed E-state index contributed by atoms with van der Waals surface area (Å²) in [6, 6.07) is 6.12. The highest BCUT2D eigenvalue weighted by Gasteiger charge is 2.27. The second kappa shape index (κ2) is 10.2. The lowest BCUT2D eigenvalue weighted by Gasteiger charge is -2.31. The fourth-order valence-corrected chi connectivity index (χ4v) is 3.92. The Hall–Kier alpha value is -4.20. The first-order valence-electron chi connectivity index (χ1n) is 10.7. The fraction of sp³-hybridized carbons (Fsp3) is 0.400. The predicted octanol–water partition coefficient (Wildman–Crippen LogP) is 1.67. The average Bonchev–Trinajstić information content (AvgIpc) is 3.45. The number of non-ortho nitro benzene ring substituents is 1. The van der Waals surface area contributed by atoms with Crippen LogP contribution in [0.2, 0.25) is 0 Å². The first-order valence-corrected chi connectivity index (χ1v) is 10.7. The van der Waals surface area contributed by atoms with E-state index in [1.807, 2.05) is 7.05 Å². The molecule has 2 aromatic heterocycles. The number of nitrogens with zero attached hydrogens (tertiary/aromatic N) is 8. The lowest BCUT2D eigenvalue weighted by Crippen LogP contribution is -2.34. The number of carbonyl (C=O) groups is 1. The molecule has 0 atom stereocenters. The van der Waals surface area contributed by atoms with E-state index >= 15 is 0 Å². The Labute approximate surface area is 193 Å². The molecule has 2 heterocycles. The molecule has 34 heavy (non-hydrogen) atoms. The Morgan fingerprint density at radius 2 is 2.06 bits per heavy atom. The first kappa shape index (κ1) is 23.0. The van der Waals surface area contributed by atoms with Gasteiger partial charge in [0.1, 0.15) is 0 Å². The van der Waals surface area contributed by atoms with Crippen LogP contribution in [0.15, 0.2) is 34.0 Å². The maximum absolute atomic E-state index is 12.9. The molecular weight excluding hydrogens is 444 g/mol. The van der Waals surface area contributed by atoms with E-state index in [4.69, 9.17) is 5.73 Å². The fourth-order valence-electron chi connectivity index (χ4n) is 3.92. The van der Waals surface area contributed by atoms with Gasteiger partial charge < -0.3 is 5.73 Å². The quantitative estimate of drug-likeness (QED) is 0.280. The van der Waals surface area contributed by atoms with E-state index in [-0.39, 0.29) is 23.0 Å². The van der Waals surface area contributed by atoms with E-state index in [1.54, 1.807) is 0 Å². The third kappa shape index (κ3) is 5.06. The van der Waals surface area contributed by atoms with Crippen molar-refractivity contribution < 1.29 is 14.3 Å². The van der Waals surface area contributed by atoms with Crippen molar-refractivity contribution in [1.82, 2.24) is 35.6 Å². The summed E-state index contributed by atoms with van der Waals surface area (Å²) in [5.41, 5.74) is 9.33. The van der Waals surface area contributed by atoms with Crippen molar-refractivity contribution in [3.05, 3.63) is 51.3 Å². The van der Waals surface area contributed by atoms with E-state index in [9.17, 15) is 14.9 Å². The zero-order chi connectivity index (χ0) is 24.1. The van der Waals surface area contributed by atoms with E-state index in [1.165, 1.54) is 41.6 Å². The normalized spacial score (nSPS) is 14.6. The maximum Gasteiger partial charge on any atom is 0.293 e. The van der Waals surface area contributed by atoms with Gasteiger partial charge in [0, 0.05) is 24.7 Å². The third-order valence-corrected chi connectivity index (χ3v) is 5.76. The number of nitrogens with two attached hydrogens (primary N) is 1. The highest BCUT2D eigenvalue weighted by Crippen LogP contribution is 2.24. The summed E-state index contributed by atoms with van der Waals surface area (Å²) in [5.74, 6) is -0.408. The molecule has 3 aromatic rings. The molecule has 1 aliphatic rings. The summed E-state index contributed by atoms with van der Waals surface area (Å²) in [7, 11) is 1.99. The summed E-state index contributed by atoms with van der Waals surface area (Å²) in [5, 5.41) is 30.1. The largest absolute Gasteiger partial charge is 0.378 e. The summed E-state index contributed by atoms with van der Waals surface area (Å²) in [4.78, 5) is 25.3. The lowest BCUT2D eigenvalue weighted by atomic mass is 9.94. The minimum atomic E-state index is -0.577. The van der Waals surface area contributed by atoms with Crippen molar-refractivity contribution in [3.8, 4) is 5.82 Å². The van der Waals surface area contributed by atoms with E-state index in [2.05, 4.69) is 40.7 Å². The molecule has 14 heteroatoms. The Balaban J connectivity index is 1.54. The molecular formula is C20H24N10O4. The van der Waals surface area contributed by atoms with Gasteiger partial charge in [-0.3, -0.25) is 19.8 Å². The standard InChI is InChI=1S/C20H24N10O4/c1-28(14-5-3-2-4-6-14)12-16-17(23-27-29(16)19-18(21)25-34-26-19)20(31)24-22-11-13-7-9-15(10-8-13)30(32)33/h7-11,14H,2-6,12H2,1H3,(H2,21,25)(H,24,31). The van der Waals surface area contributed by atoms with Gasteiger partial charge in [0.15, 0.2) is 5.69 Å².